The molecule has 2 N–H and O–H groups in total. The second-order valence-electron chi connectivity index (χ2n) is 5.95. The number of carbonyl (C=O) groups is 1. The van der Waals surface area contributed by atoms with Gasteiger partial charge in [0.25, 0.3) is 0 Å². The first-order valence-electron chi connectivity index (χ1n) is 7.22. The molecule has 0 unspecified atom stereocenters. The fourth-order valence-electron chi connectivity index (χ4n) is 2.54. The number of primary sulfonamides is 1. The third-order valence-electron chi connectivity index (χ3n) is 3.77. The standard InChI is InChI=1S/C17H16N2O4S/c1-17(2)16(20)14(11-7-9-19-10-8-11)15(23-17)12-3-5-13(6-4-12)24(18,21)22/h3-10H,1-2H3,(H2,18,21,22). The molecular weight excluding hydrogens is 328 g/mol. The summed E-state index contributed by atoms with van der Waals surface area (Å²) in [5.74, 6) is 0.274. The topological polar surface area (TPSA) is 99.3 Å². The van der Waals surface area contributed by atoms with Gasteiger partial charge in [0.15, 0.2) is 5.60 Å². The lowest BCUT2D eigenvalue weighted by atomic mass is 9.93. The zero-order chi connectivity index (χ0) is 17.5. The summed E-state index contributed by atoms with van der Waals surface area (Å²) in [6.07, 6.45) is 3.20. The van der Waals surface area contributed by atoms with E-state index >= 15 is 0 Å². The van der Waals surface area contributed by atoms with Gasteiger partial charge in [-0.25, -0.2) is 13.6 Å². The SMILES string of the molecule is CC1(C)OC(c2ccc(S(N)(=O)=O)cc2)=C(c2ccncc2)C1=O. The molecule has 1 aromatic heterocycles. The van der Waals surface area contributed by atoms with Crippen molar-refractivity contribution in [3.8, 4) is 0 Å². The van der Waals surface area contributed by atoms with E-state index in [0.717, 1.165) is 0 Å². The van der Waals surface area contributed by atoms with Gasteiger partial charge in [-0.2, -0.15) is 0 Å². The number of ketones is 1. The predicted octanol–water partition coefficient (Wildman–Crippen LogP) is 1.98. The van der Waals surface area contributed by atoms with E-state index in [0.29, 0.717) is 22.5 Å². The summed E-state index contributed by atoms with van der Waals surface area (Å²) in [5.41, 5.74) is 0.761. The summed E-state index contributed by atoms with van der Waals surface area (Å²) >= 11 is 0. The molecule has 0 saturated heterocycles. The summed E-state index contributed by atoms with van der Waals surface area (Å²) in [5, 5.41) is 5.11. The molecule has 1 aromatic carbocycles. The van der Waals surface area contributed by atoms with Crippen molar-refractivity contribution >= 4 is 27.1 Å². The predicted molar refractivity (Wildman–Crippen MR) is 89.0 cm³/mol. The van der Waals surface area contributed by atoms with E-state index in [4.69, 9.17) is 9.88 Å². The lowest BCUT2D eigenvalue weighted by molar-refractivity contribution is -0.125. The molecule has 6 nitrogen and oxygen atoms in total. The van der Waals surface area contributed by atoms with Gasteiger partial charge in [0.2, 0.25) is 15.8 Å². The van der Waals surface area contributed by atoms with Crippen molar-refractivity contribution in [1.82, 2.24) is 4.98 Å². The number of benzene rings is 1. The molecule has 2 aromatic rings. The number of hydrogen-bond donors (Lipinski definition) is 1. The van der Waals surface area contributed by atoms with Crippen LogP contribution in [0.25, 0.3) is 11.3 Å². The first kappa shape index (κ1) is 16.4. The molecule has 3 rings (SSSR count). The fourth-order valence-corrected chi connectivity index (χ4v) is 3.05. The zero-order valence-corrected chi connectivity index (χ0v) is 14.0. The van der Waals surface area contributed by atoms with Crippen molar-refractivity contribution in [2.24, 2.45) is 5.14 Å². The zero-order valence-electron chi connectivity index (χ0n) is 13.2. The van der Waals surface area contributed by atoms with Crippen LogP contribution in [0.3, 0.4) is 0 Å². The molecule has 7 heteroatoms. The molecule has 124 valence electrons. The van der Waals surface area contributed by atoms with Gasteiger partial charge in [0, 0.05) is 18.0 Å². The average Bonchev–Trinajstić information content (AvgIpc) is 2.78. The molecule has 1 aliphatic rings. The summed E-state index contributed by atoms with van der Waals surface area (Å²) in [4.78, 5) is 16.7. The third kappa shape index (κ3) is 2.83. The van der Waals surface area contributed by atoms with E-state index in [9.17, 15) is 13.2 Å². The number of hydrogen-bond acceptors (Lipinski definition) is 5. The first-order valence-corrected chi connectivity index (χ1v) is 8.76. The molecule has 1 aliphatic heterocycles. The van der Waals surface area contributed by atoms with Crippen LogP contribution in [-0.2, 0) is 19.6 Å². The van der Waals surface area contributed by atoms with Gasteiger partial charge >= 0.3 is 0 Å². The van der Waals surface area contributed by atoms with Crippen molar-refractivity contribution in [3.63, 3.8) is 0 Å². The Morgan fingerprint density at radius 1 is 1.00 bits per heavy atom. The highest BCUT2D eigenvalue weighted by Crippen LogP contribution is 2.41. The van der Waals surface area contributed by atoms with Crippen LogP contribution in [-0.4, -0.2) is 24.8 Å². The van der Waals surface area contributed by atoms with Crippen LogP contribution >= 0.6 is 0 Å². The van der Waals surface area contributed by atoms with Gasteiger partial charge < -0.3 is 4.74 Å². The van der Waals surface area contributed by atoms with E-state index in [1.807, 2.05) is 0 Å². The smallest absolute Gasteiger partial charge is 0.238 e. The van der Waals surface area contributed by atoms with E-state index in [-0.39, 0.29) is 10.7 Å². The summed E-state index contributed by atoms with van der Waals surface area (Å²) in [6, 6.07) is 9.39. The first-order chi connectivity index (χ1) is 11.2. The lowest BCUT2D eigenvalue weighted by Crippen LogP contribution is -2.29. The lowest BCUT2D eigenvalue weighted by Gasteiger charge is -2.17. The van der Waals surface area contributed by atoms with Crippen LogP contribution in [0.4, 0.5) is 0 Å². The Morgan fingerprint density at radius 2 is 1.58 bits per heavy atom. The van der Waals surface area contributed by atoms with Crippen molar-refractivity contribution in [3.05, 3.63) is 59.9 Å². The molecule has 0 radical (unpaired) electrons. The fraction of sp³-hybridized carbons (Fsp3) is 0.176. The number of nitrogens with two attached hydrogens (primary N) is 1. The quantitative estimate of drug-likeness (QED) is 0.918. The van der Waals surface area contributed by atoms with Crippen molar-refractivity contribution in [2.45, 2.75) is 24.3 Å². The normalized spacial score (nSPS) is 17.0. The Hall–Kier alpha value is -2.51. The van der Waals surface area contributed by atoms with Crippen molar-refractivity contribution < 1.29 is 17.9 Å². The monoisotopic (exact) mass is 344 g/mol. The number of sulfonamides is 1. The summed E-state index contributed by atoms with van der Waals surface area (Å²) in [7, 11) is -3.77. The van der Waals surface area contributed by atoms with Crippen LogP contribution in [0.1, 0.15) is 25.0 Å². The number of pyridine rings is 1. The Kier molecular flexibility index (Phi) is 3.77. The minimum absolute atomic E-state index is 0.000829. The molecule has 24 heavy (non-hydrogen) atoms. The van der Waals surface area contributed by atoms with Gasteiger partial charge in [-0.15, -0.1) is 0 Å². The average molecular weight is 344 g/mol. The van der Waals surface area contributed by atoms with Gasteiger partial charge in [-0.1, -0.05) is 0 Å². The minimum Gasteiger partial charge on any atom is -0.478 e. The highest BCUT2D eigenvalue weighted by Gasteiger charge is 2.42. The van der Waals surface area contributed by atoms with E-state index in [2.05, 4.69) is 4.98 Å². The third-order valence-corrected chi connectivity index (χ3v) is 4.70. The minimum atomic E-state index is -3.77. The number of rotatable bonds is 3. The Labute approximate surface area is 140 Å². The largest absolute Gasteiger partial charge is 0.478 e. The molecule has 0 fully saturated rings. The molecule has 0 aliphatic carbocycles. The Morgan fingerprint density at radius 3 is 2.12 bits per heavy atom. The van der Waals surface area contributed by atoms with Crippen LogP contribution in [0.5, 0.6) is 0 Å². The van der Waals surface area contributed by atoms with Crippen LogP contribution < -0.4 is 5.14 Å². The van der Waals surface area contributed by atoms with Crippen LogP contribution in [0, 0.1) is 0 Å². The second kappa shape index (κ2) is 5.54. The molecule has 0 amide bonds. The van der Waals surface area contributed by atoms with Gasteiger partial charge in [0.05, 0.1) is 10.5 Å². The number of aromatic nitrogens is 1. The van der Waals surface area contributed by atoms with Crippen LogP contribution in [0.15, 0.2) is 53.7 Å². The molecule has 0 bridgehead atoms. The van der Waals surface area contributed by atoms with Crippen molar-refractivity contribution in [1.29, 1.82) is 0 Å². The van der Waals surface area contributed by atoms with Gasteiger partial charge in [-0.05, 0) is 55.8 Å². The van der Waals surface area contributed by atoms with Gasteiger partial charge in [-0.3, -0.25) is 9.78 Å². The van der Waals surface area contributed by atoms with E-state index in [1.54, 1.807) is 50.5 Å². The second-order valence-corrected chi connectivity index (χ2v) is 7.51. The maximum atomic E-state index is 12.7. The molecule has 0 atom stereocenters. The van der Waals surface area contributed by atoms with E-state index in [1.165, 1.54) is 12.1 Å². The molecule has 2 heterocycles. The van der Waals surface area contributed by atoms with Crippen molar-refractivity contribution in [2.75, 3.05) is 0 Å². The maximum absolute atomic E-state index is 12.7. The van der Waals surface area contributed by atoms with Crippen LogP contribution in [0.2, 0.25) is 0 Å². The Bertz CT molecular complexity index is 930. The maximum Gasteiger partial charge on any atom is 0.238 e. The molecule has 0 saturated carbocycles. The molecular formula is C17H16N2O4S. The number of nitrogens with zero attached hydrogens (tertiary/aromatic N) is 1. The Balaban J connectivity index is 2.15. The number of carbonyl (C=O) groups excluding carboxylic acids is 1. The highest BCUT2D eigenvalue weighted by molar-refractivity contribution is 7.89. The molecule has 0 spiro atoms. The highest BCUT2D eigenvalue weighted by atomic mass is 32.2. The summed E-state index contributed by atoms with van der Waals surface area (Å²) in [6.45, 7) is 3.39. The van der Waals surface area contributed by atoms with E-state index < -0.39 is 15.6 Å². The number of ether oxygens (including phenoxy) is 1. The number of Topliss-reactive ketones (excluding diaryl/α,β-unsaturated/α-hetero) is 1. The van der Waals surface area contributed by atoms with Gasteiger partial charge in [0.1, 0.15) is 5.76 Å². The summed E-state index contributed by atoms with van der Waals surface area (Å²) < 4.78 is 28.6.